The van der Waals surface area contributed by atoms with Gasteiger partial charge < -0.3 is 9.94 Å². The van der Waals surface area contributed by atoms with Gasteiger partial charge in [0.1, 0.15) is 0 Å². The van der Waals surface area contributed by atoms with Crippen molar-refractivity contribution in [1.82, 2.24) is 20.2 Å². The summed E-state index contributed by atoms with van der Waals surface area (Å²) in [6.07, 6.45) is 7.89. The number of piperazine rings is 1. The smallest absolute Gasteiger partial charge is 0.303 e. The summed E-state index contributed by atoms with van der Waals surface area (Å²) < 4.78 is 0. The van der Waals surface area contributed by atoms with Crippen LogP contribution in [0, 0.1) is 5.92 Å². The molecular weight excluding hydrogens is 296 g/mol. The molecule has 7 nitrogen and oxygen atoms in total. The van der Waals surface area contributed by atoms with E-state index in [1.54, 1.807) is 12.4 Å². The fraction of sp³-hybridized carbons (Fsp3) is 0.688. The van der Waals surface area contributed by atoms with Gasteiger partial charge in [-0.3, -0.25) is 9.69 Å². The van der Waals surface area contributed by atoms with Crippen LogP contribution >= 0.6 is 0 Å². The van der Waals surface area contributed by atoms with Crippen LogP contribution < -0.4 is 4.84 Å². The molecule has 0 amide bonds. The molecule has 3 rings (SSSR count). The molecule has 1 aliphatic carbocycles. The minimum absolute atomic E-state index is 0.328. The summed E-state index contributed by atoms with van der Waals surface area (Å²) in [5.74, 6) is 0.431. The molecule has 2 fully saturated rings. The van der Waals surface area contributed by atoms with Crippen LogP contribution in [0.4, 0.5) is 0 Å². The second-order valence-electron chi connectivity index (χ2n) is 6.41. The van der Waals surface area contributed by atoms with Gasteiger partial charge in [0, 0.05) is 44.7 Å². The van der Waals surface area contributed by atoms with Crippen LogP contribution in [0.3, 0.4) is 0 Å². The normalized spacial score (nSPS) is 26.8. The molecule has 1 saturated carbocycles. The van der Waals surface area contributed by atoms with Crippen molar-refractivity contribution in [2.45, 2.75) is 38.1 Å². The number of carboxylic acid groups (broad SMARTS) is 1. The molecule has 0 atom stereocenters. The molecule has 7 heteroatoms. The molecule has 2 heterocycles. The first kappa shape index (κ1) is 16.1. The molecule has 2 aliphatic rings. The molecule has 1 N–H and O–H groups in total. The predicted octanol–water partition coefficient (Wildman–Crippen LogP) is 1.42. The van der Waals surface area contributed by atoms with Gasteiger partial charge in [0.2, 0.25) is 0 Å². The van der Waals surface area contributed by atoms with Crippen LogP contribution in [0.15, 0.2) is 18.5 Å². The van der Waals surface area contributed by atoms with E-state index in [2.05, 4.69) is 15.1 Å². The maximum atomic E-state index is 10.8. The standard InChI is InChI=1S/C16H24N4O3/c21-16(22)11-13-1-3-14(4-2-13)19-7-9-20(10-8-19)23-15-5-6-17-18-12-15/h5-6,12-14H,1-4,7-11H2,(H,21,22). The maximum absolute atomic E-state index is 10.8. The topological polar surface area (TPSA) is 78.8 Å². The maximum Gasteiger partial charge on any atom is 0.303 e. The van der Waals surface area contributed by atoms with Gasteiger partial charge in [-0.1, -0.05) is 0 Å². The summed E-state index contributed by atoms with van der Waals surface area (Å²) in [6, 6.07) is 2.41. The van der Waals surface area contributed by atoms with Crippen molar-refractivity contribution in [3.63, 3.8) is 0 Å². The molecule has 1 aromatic rings. The van der Waals surface area contributed by atoms with Crippen molar-refractivity contribution < 1.29 is 14.7 Å². The summed E-state index contributed by atoms with van der Waals surface area (Å²) in [7, 11) is 0. The van der Waals surface area contributed by atoms with Crippen molar-refractivity contribution in [1.29, 1.82) is 0 Å². The highest BCUT2D eigenvalue weighted by molar-refractivity contribution is 5.67. The van der Waals surface area contributed by atoms with E-state index in [1.807, 2.05) is 11.1 Å². The van der Waals surface area contributed by atoms with E-state index in [4.69, 9.17) is 9.94 Å². The number of hydrogen-bond acceptors (Lipinski definition) is 6. The molecule has 126 valence electrons. The Balaban J connectivity index is 1.40. The minimum atomic E-state index is -0.662. The van der Waals surface area contributed by atoms with Crippen LogP contribution in [-0.2, 0) is 4.79 Å². The molecule has 0 bridgehead atoms. The molecule has 0 unspecified atom stereocenters. The molecule has 0 spiro atoms. The Bertz CT molecular complexity index is 497. The number of aliphatic carboxylic acids is 1. The lowest BCUT2D eigenvalue weighted by Crippen LogP contribution is -2.52. The van der Waals surface area contributed by atoms with Gasteiger partial charge in [-0.25, -0.2) is 0 Å². The summed E-state index contributed by atoms with van der Waals surface area (Å²) in [5.41, 5.74) is 0. The van der Waals surface area contributed by atoms with Crippen molar-refractivity contribution in [2.24, 2.45) is 5.92 Å². The van der Waals surface area contributed by atoms with Crippen molar-refractivity contribution in [2.75, 3.05) is 26.2 Å². The quantitative estimate of drug-likeness (QED) is 0.879. The molecular formula is C16H24N4O3. The first-order valence-electron chi connectivity index (χ1n) is 8.36. The van der Waals surface area contributed by atoms with Crippen LogP contribution in [0.2, 0.25) is 0 Å². The Labute approximate surface area is 136 Å². The van der Waals surface area contributed by atoms with Crippen LogP contribution in [0.1, 0.15) is 32.1 Å². The van der Waals surface area contributed by atoms with Gasteiger partial charge in [0.15, 0.2) is 5.75 Å². The number of rotatable bonds is 5. The number of hydrogen-bond donors (Lipinski definition) is 1. The fourth-order valence-electron chi connectivity index (χ4n) is 3.60. The fourth-order valence-corrected chi connectivity index (χ4v) is 3.60. The monoisotopic (exact) mass is 320 g/mol. The summed E-state index contributed by atoms with van der Waals surface area (Å²) in [4.78, 5) is 19.1. The summed E-state index contributed by atoms with van der Waals surface area (Å²) >= 11 is 0. The lowest BCUT2D eigenvalue weighted by atomic mass is 9.83. The summed E-state index contributed by atoms with van der Waals surface area (Å²) in [5, 5.41) is 18.4. The third-order valence-corrected chi connectivity index (χ3v) is 4.86. The Morgan fingerprint density at radius 2 is 1.91 bits per heavy atom. The second-order valence-corrected chi connectivity index (χ2v) is 6.41. The van der Waals surface area contributed by atoms with Crippen LogP contribution in [0.5, 0.6) is 5.75 Å². The van der Waals surface area contributed by atoms with Gasteiger partial charge >= 0.3 is 5.97 Å². The van der Waals surface area contributed by atoms with Crippen molar-refractivity contribution >= 4 is 5.97 Å². The molecule has 1 saturated heterocycles. The van der Waals surface area contributed by atoms with E-state index < -0.39 is 5.97 Å². The Morgan fingerprint density at radius 1 is 1.17 bits per heavy atom. The lowest BCUT2D eigenvalue weighted by molar-refractivity contribution is -0.138. The third kappa shape index (κ3) is 4.62. The average molecular weight is 320 g/mol. The highest BCUT2D eigenvalue weighted by Gasteiger charge is 2.29. The number of nitrogens with zero attached hydrogens (tertiary/aromatic N) is 4. The first-order valence-corrected chi connectivity index (χ1v) is 8.36. The lowest BCUT2D eigenvalue weighted by Gasteiger charge is -2.41. The zero-order chi connectivity index (χ0) is 16.1. The summed E-state index contributed by atoms with van der Waals surface area (Å²) in [6.45, 7) is 3.73. The number of carboxylic acids is 1. The van der Waals surface area contributed by atoms with Crippen molar-refractivity contribution in [3.8, 4) is 5.75 Å². The molecule has 1 aliphatic heterocycles. The molecule has 1 aromatic heterocycles. The number of carbonyl (C=O) groups is 1. The van der Waals surface area contributed by atoms with E-state index >= 15 is 0 Å². The average Bonchev–Trinajstić information content (AvgIpc) is 2.57. The molecule has 0 aromatic carbocycles. The Hall–Kier alpha value is -1.73. The van der Waals surface area contributed by atoms with Gasteiger partial charge in [0.05, 0.1) is 12.4 Å². The van der Waals surface area contributed by atoms with Crippen molar-refractivity contribution in [3.05, 3.63) is 18.5 Å². The highest BCUT2D eigenvalue weighted by atomic mass is 16.7. The third-order valence-electron chi connectivity index (χ3n) is 4.86. The second kappa shape index (κ2) is 7.70. The largest absolute Gasteiger partial charge is 0.481 e. The Morgan fingerprint density at radius 3 is 2.52 bits per heavy atom. The van der Waals surface area contributed by atoms with E-state index in [9.17, 15) is 4.79 Å². The highest BCUT2D eigenvalue weighted by Crippen LogP contribution is 2.30. The number of aromatic nitrogens is 2. The number of hydroxylamine groups is 2. The van der Waals surface area contributed by atoms with Crippen LogP contribution in [-0.4, -0.2) is 63.5 Å². The van der Waals surface area contributed by atoms with Crippen LogP contribution in [0.25, 0.3) is 0 Å². The van der Waals surface area contributed by atoms with Gasteiger partial charge in [-0.05, 0) is 31.6 Å². The zero-order valence-corrected chi connectivity index (χ0v) is 13.3. The van der Waals surface area contributed by atoms with E-state index in [0.29, 0.717) is 18.4 Å². The van der Waals surface area contributed by atoms with E-state index in [1.165, 1.54) is 0 Å². The SMILES string of the molecule is O=C(O)CC1CCC(N2CCN(Oc3ccnnc3)CC2)CC1. The predicted molar refractivity (Wildman–Crippen MR) is 83.8 cm³/mol. The van der Waals surface area contributed by atoms with Gasteiger partial charge in [-0.2, -0.15) is 10.2 Å². The van der Waals surface area contributed by atoms with Gasteiger partial charge in [0.25, 0.3) is 0 Å². The zero-order valence-electron chi connectivity index (χ0n) is 13.3. The van der Waals surface area contributed by atoms with Gasteiger partial charge in [-0.15, -0.1) is 5.06 Å². The molecule has 23 heavy (non-hydrogen) atoms. The Kier molecular flexibility index (Phi) is 5.40. The van der Waals surface area contributed by atoms with E-state index in [0.717, 1.165) is 57.6 Å². The minimum Gasteiger partial charge on any atom is -0.481 e. The first-order chi connectivity index (χ1) is 11.2. The molecule has 0 radical (unpaired) electrons. The van der Waals surface area contributed by atoms with E-state index in [-0.39, 0.29) is 0 Å².